The molecule has 1 N–H and O–H groups in total. The van der Waals surface area contributed by atoms with E-state index in [2.05, 4.69) is 19.2 Å². The van der Waals surface area contributed by atoms with Crippen LogP contribution in [0.2, 0.25) is 0 Å². The molecule has 3 nitrogen and oxygen atoms in total. The van der Waals surface area contributed by atoms with Gasteiger partial charge in [0.1, 0.15) is 18.2 Å². The predicted molar refractivity (Wildman–Crippen MR) is 74.9 cm³/mol. The van der Waals surface area contributed by atoms with Crippen LogP contribution in [-0.2, 0) is 11.3 Å². The molecule has 0 amide bonds. The van der Waals surface area contributed by atoms with Crippen LogP contribution in [0.4, 0.5) is 4.39 Å². The van der Waals surface area contributed by atoms with Crippen LogP contribution in [0.25, 0.3) is 0 Å². The zero-order chi connectivity index (χ0) is 14.1. The van der Waals surface area contributed by atoms with E-state index in [0.29, 0.717) is 31.4 Å². The first-order valence-electron chi connectivity index (χ1n) is 6.76. The summed E-state index contributed by atoms with van der Waals surface area (Å²) in [5.41, 5.74) is 0.873. The molecular formula is C15H24FNO2. The quantitative estimate of drug-likeness (QED) is 0.699. The van der Waals surface area contributed by atoms with E-state index in [-0.39, 0.29) is 5.82 Å². The molecule has 1 aromatic carbocycles. The van der Waals surface area contributed by atoms with Crippen LogP contribution in [0.3, 0.4) is 0 Å². The van der Waals surface area contributed by atoms with E-state index in [1.54, 1.807) is 0 Å². The Kier molecular flexibility index (Phi) is 7.45. The minimum atomic E-state index is -0.275. The molecule has 0 aliphatic carbocycles. The largest absolute Gasteiger partial charge is 0.491 e. The van der Waals surface area contributed by atoms with E-state index in [1.165, 1.54) is 12.1 Å². The average Bonchev–Trinajstić information content (AvgIpc) is 2.33. The highest BCUT2D eigenvalue weighted by Crippen LogP contribution is 2.16. The van der Waals surface area contributed by atoms with Gasteiger partial charge in [0.25, 0.3) is 0 Å². The summed E-state index contributed by atoms with van der Waals surface area (Å²) < 4.78 is 24.3. The number of benzene rings is 1. The molecule has 1 rings (SSSR count). The monoisotopic (exact) mass is 269 g/mol. The second-order valence-electron chi connectivity index (χ2n) is 4.97. The summed E-state index contributed by atoms with van der Waals surface area (Å²) in [6.07, 6.45) is 1.05. The first-order valence-corrected chi connectivity index (χ1v) is 6.76. The average molecular weight is 269 g/mol. The summed E-state index contributed by atoms with van der Waals surface area (Å²) in [4.78, 5) is 0. The fourth-order valence-corrected chi connectivity index (χ4v) is 1.65. The van der Waals surface area contributed by atoms with E-state index in [4.69, 9.17) is 9.47 Å². The lowest BCUT2D eigenvalue weighted by molar-refractivity contribution is 0.0924. The normalized spacial score (nSPS) is 11.0. The van der Waals surface area contributed by atoms with Crippen LogP contribution >= 0.6 is 0 Å². The highest BCUT2D eigenvalue weighted by molar-refractivity contribution is 5.29. The third-order valence-electron chi connectivity index (χ3n) is 2.65. The Morgan fingerprint density at radius 3 is 2.63 bits per heavy atom. The van der Waals surface area contributed by atoms with Crippen molar-refractivity contribution in [3.8, 4) is 5.75 Å². The fraction of sp³-hybridized carbons (Fsp3) is 0.600. The lowest BCUT2D eigenvalue weighted by atomic mass is 10.1. The number of nitrogens with one attached hydrogen (secondary N) is 1. The number of hydrogen-bond donors (Lipinski definition) is 1. The van der Waals surface area contributed by atoms with Crippen LogP contribution in [0.1, 0.15) is 25.8 Å². The molecule has 1 aromatic rings. The fourth-order valence-electron chi connectivity index (χ4n) is 1.65. The Morgan fingerprint density at radius 2 is 1.95 bits per heavy atom. The van der Waals surface area contributed by atoms with Crippen molar-refractivity contribution in [1.82, 2.24) is 5.32 Å². The van der Waals surface area contributed by atoms with Gasteiger partial charge in [-0.05, 0) is 37.1 Å². The van der Waals surface area contributed by atoms with Crippen LogP contribution in [-0.4, -0.2) is 26.9 Å². The molecule has 0 radical (unpaired) electrons. The summed E-state index contributed by atoms with van der Waals surface area (Å²) in [5.74, 6) is 0.925. The van der Waals surface area contributed by atoms with Gasteiger partial charge in [0.2, 0.25) is 0 Å². The molecule has 108 valence electrons. The number of ether oxygens (including phenoxy) is 2. The van der Waals surface area contributed by atoms with Gasteiger partial charge in [0.05, 0.1) is 6.61 Å². The third-order valence-corrected chi connectivity index (χ3v) is 2.65. The van der Waals surface area contributed by atoms with Gasteiger partial charge in [-0.15, -0.1) is 0 Å². The van der Waals surface area contributed by atoms with Crippen molar-refractivity contribution in [3.63, 3.8) is 0 Å². The molecule has 0 heterocycles. The van der Waals surface area contributed by atoms with Crippen LogP contribution in [0, 0.1) is 11.7 Å². The Bertz CT molecular complexity index is 369. The number of hydrogen-bond acceptors (Lipinski definition) is 3. The topological polar surface area (TPSA) is 30.5 Å². The number of halogens is 1. The molecule has 0 bridgehead atoms. The second-order valence-corrected chi connectivity index (χ2v) is 4.97. The molecule has 19 heavy (non-hydrogen) atoms. The van der Waals surface area contributed by atoms with Crippen molar-refractivity contribution in [2.75, 3.05) is 26.9 Å². The van der Waals surface area contributed by atoms with Gasteiger partial charge in [0.15, 0.2) is 0 Å². The zero-order valence-electron chi connectivity index (χ0n) is 12.0. The lowest BCUT2D eigenvalue weighted by Crippen LogP contribution is -2.10. The van der Waals surface area contributed by atoms with E-state index >= 15 is 0 Å². The van der Waals surface area contributed by atoms with E-state index in [0.717, 1.165) is 18.6 Å². The summed E-state index contributed by atoms with van der Waals surface area (Å²) in [6.45, 7) is 6.67. The van der Waals surface area contributed by atoms with Gasteiger partial charge < -0.3 is 14.8 Å². The van der Waals surface area contributed by atoms with Gasteiger partial charge in [-0.2, -0.15) is 0 Å². The van der Waals surface area contributed by atoms with Crippen molar-refractivity contribution in [1.29, 1.82) is 0 Å². The Hall–Kier alpha value is -1.13. The molecule has 0 aliphatic rings. The van der Waals surface area contributed by atoms with Crippen LogP contribution in [0.15, 0.2) is 18.2 Å². The Labute approximate surface area is 115 Å². The van der Waals surface area contributed by atoms with Gasteiger partial charge in [-0.1, -0.05) is 13.8 Å². The minimum Gasteiger partial charge on any atom is -0.491 e. The molecule has 0 fully saturated rings. The predicted octanol–water partition coefficient (Wildman–Crippen LogP) is 2.99. The molecular weight excluding hydrogens is 245 g/mol. The van der Waals surface area contributed by atoms with E-state index < -0.39 is 0 Å². The van der Waals surface area contributed by atoms with E-state index in [1.807, 2.05) is 13.1 Å². The van der Waals surface area contributed by atoms with Gasteiger partial charge in [-0.3, -0.25) is 0 Å². The summed E-state index contributed by atoms with van der Waals surface area (Å²) >= 11 is 0. The molecule has 0 aromatic heterocycles. The first-order chi connectivity index (χ1) is 9.11. The zero-order valence-corrected chi connectivity index (χ0v) is 12.0. The maximum Gasteiger partial charge on any atom is 0.127 e. The van der Waals surface area contributed by atoms with Crippen molar-refractivity contribution in [2.45, 2.75) is 26.8 Å². The third kappa shape index (κ3) is 7.13. The summed E-state index contributed by atoms with van der Waals surface area (Å²) in [7, 11) is 1.83. The smallest absolute Gasteiger partial charge is 0.127 e. The Balaban J connectivity index is 2.28. The molecule has 4 heteroatoms. The highest BCUT2D eigenvalue weighted by Gasteiger charge is 2.02. The van der Waals surface area contributed by atoms with Crippen molar-refractivity contribution >= 4 is 0 Å². The summed E-state index contributed by atoms with van der Waals surface area (Å²) in [5, 5.41) is 2.99. The maximum absolute atomic E-state index is 13.3. The van der Waals surface area contributed by atoms with Crippen LogP contribution in [0.5, 0.6) is 5.75 Å². The van der Waals surface area contributed by atoms with Crippen molar-refractivity contribution < 1.29 is 13.9 Å². The molecule has 0 atom stereocenters. The van der Waals surface area contributed by atoms with E-state index in [9.17, 15) is 4.39 Å². The van der Waals surface area contributed by atoms with Crippen LogP contribution < -0.4 is 10.1 Å². The second kappa shape index (κ2) is 8.88. The minimum absolute atomic E-state index is 0.275. The number of rotatable bonds is 9. The van der Waals surface area contributed by atoms with Crippen molar-refractivity contribution in [3.05, 3.63) is 29.6 Å². The standard InChI is InChI=1S/C15H24FNO2/c1-12(2)4-5-18-6-7-19-15-9-13(11-17-3)8-14(16)10-15/h8-10,12,17H,4-7,11H2,1-3H3. The molecule has 0 aliphatic heterocycles. The molecule has 0 saturated carbocycles. The molecule has 0 unspecified atom stereocenters. The van der Waals surface area contributed by atoms with Gasteiger partial charge >= 0.3 is 0 Å². The first kappa shape index (κ1) is 15.9. The molecule has 0 saturated heterocycles. The lowest BCUT2D eigenvalue weighted by Gasteiger charge is -2.10. The SMILES string of the molecule is CNCc1cc(F)cc(OCCOCCC(C)C)c1. The van der Waals surface area contributed by atoms with Gasteiger partial charge in [-0.25, -0.2) is 4.39 Å². The maximum atomic E-state index is 13.3. The highest BCUT2D eigenvalue weighted by atomic mass is 19.1. The van der Waals surface area contributed by atoms with Crippen molar-refractivity contribution in [2.24, 2.45) is 5.92 Å². The molecule has 0 spiro atoms. The Morgan fingerprint density at radius 1 is 1.16 bits per heavy atom. The summed E-state index contributed by atoms with van der Waals surface area (Å²) in [6, 6.07) is 4.74. The van der Waals surface area contributed by atoms with Gasteiger partial charge in [0, 0.05) is 19.2 Å².